The summed E-state index contributed by atoms with van der Waals surface area (Å²) in [6, 6.07) is 7.79. The van der Waals surface area contributed by atoms with E-state index in [0.29, 0.717) is 0 Å². The molecule has 0 aliphatic carbocycles. The quantitative estimate of drug-likeness (QED) is 0.457. The number of allylic oxidation sites excluding steroid dienone is 1. The predicted molar refractivity (Wildman–Crippen MR) is 77.5 cm³/mol. The summed E-state index contributed by atoms with van der Waals surface area (Å²) in [7, 11) is 0. The van der Waals surface area contributed by atoms with E-state index in [4.69, 9.17) is 11.2 Å². The first kappa shape index (κ1) is 15.0. The summed E-state index contributed by atoms with van der Waals surface area (Å²) in [6.45, 7) is 9.01. The maximum absolute atomic E-state index is 11.2. The Bertz CT molecular complexity index is 522. The van der Waals surface area contributed by atoms with Crippen LogP contribution in [0.25, 0.3) is 0 Å². The van der Waals surface area contributed by atoms with E-state index < -0.39 is 5.60 Å². The van der Waals surface area contributed by atoms with E-state index in [9.17, 15) is 4.79 Å². The average molecular weight is 256 g/mol. The van der Waals surface area contributed by atoms with Gasteiger partial charge in [-0.05, 0) is 32.3 Å². The standard InChI is InChI=1S/C17H20O2/c1-6-17(5,19-14(4)18)16-10-8-7-9-15(16)12-11-13(2)3/h1,7-10H,2,11-12H2,3-5H3. The molecular formula is C17H20O2. The summed E-state index contributed by atoms with van der Waals surface area (Å²) in [5, 5.41) is 0. The number of ether oxygens (including phenoxy) is 1. The van der Waals surface area contributed by atoms with Crippen molar-refractivity contribution in [2.24, 2.45) is 0 Å². The van der Waals surface area contributed by atoms with Gasteiger partial charge in [-0.25, -0.2) is 0 Å². The topological polar surface area (TPSA) is 26.3 Å². The Labute approximate surface area is 115 Å². The SMILES string of the molecule is C#CC(C)(OC(C)=O)c1ccccc1CCC(=C)C. The Hall–Kier alpha value is -2.01. The van der Waals surface area contributed by atoms with Crippen LogP contribution < -0.4 is 0 Å². The highest BCUT2D eigenvalue weighted by atomic mass is 16.6. The minimum absolute atomic E-state index is 0.379. The van der Waals surface area contributed by atoms with Gasteiger partial charge in [0.25, 0.3) is 0 Å². The molecule has 0 saturated carbocycles. The van der Waals surface area contributed by atoms with E-state index >= 15 is 0 Å². The number of terminal acetylenes is 1. The zero-order valence-corrected chi connectivity index (χ0v) is 11.8. The largest absolute Gasteiger partial charge is 0.442 e. The predicted octanol–water partition coefficient (Wildman–Crippen LogP) is 3.61. The zero-order valence-electron chi connectivity index (χ0n) is 11.8. The zero-order chi connectivity index (χ0) is 14.5. The lowest BCUT2D eigenvalue weighted by Gasteiger charge is -2.26. The third-order valence-corrected chi connectivity index (χ3v) is 2.98. The lowest BCUT2D eigenvalue weighted by Crippen LogP contribution is -2.27. The van der Waals surface area contributed by atoms with Crippen LogP contribution in [0.4, 0.5) is 0 Å². The first-order valence-corrected chi connectivity index (χ1v) is 6.29. The molecule has 1 aromatic rings. The lowest BCUT2D eigenvalue weighted by atomic mass is 9.89. The summed E-state index contributed by atoms with van der Waals surface area (Å²) in [5.74, 6) is 2.21. The van der Waals surface area contributed by atoms with Crippen molar-refractivity contribution >= 4 is 5.97 Å². The molecule has 0 radical (unpaired) electrons. The molecule has 100 valence electrons. The second-order valence-corrected chi connectivity index (χ2v) is 4.89. The van der Waals surface area contributed by atoms with Crippen LogP contribution in [0.2, 0.25) is 0 Å². The fourth-order valence-electron chi connectivity index (χ4n) is 2.00. The Morgan fingerprint density at radius 1 is 1.42 bits per heavy atom. The molecule has 1 atom stereocenters. The second-order valence-electron chi connectivity index (χ2n) is 4.89. The lowest BCUT2D eigenvalue weighted by molar-refractivity contribution is -0.151. The molecule has 0 aliphatic heterocycles. The van der Waals surface area contributed by atoms with Gasteiger partial charge in [0.15, 0.2) is 5.60 Å². The van der Waals surface area contributed by atoms with Crippen molar-refractivity contribution in [2.45, 2.75) is 39.2 Å². The van der Waals surface area contributed by atoms with Gasteiger partial charge >= 0.3 is 5.97 Å². The summed E-state index contributed by atoms with van der Waals surface area (Å²) in [6.07, 6.45) is 7.29. The van der Waals surface area contributed by atoms with Gasteiger partial charge < -0.3 is 4.74 Å². The molecule has 0 N–H and O–H groups in total. The van der Waals surface area contributed by atoms with Gasteiger partial charge in [-0.1, -0.05) is 35.8 Å². The minimum atomic E-state index is -1.02. The Balaban J connectivity index is 3.14. The molecule has 1 unspecified atom stereocenters. The van der Waals surface area contributed by atoms with E-state index in [2.05, 4.69) is 12.5 Å². The minimum Gasteiger partial charge on any atom is -0.442 e. The highest BCUT2D eigenvalue weighted by Crippen LogP contribution is 2.29. The van der Waals surface area contributed by atoms with Gasteiger partial charge in [-0.15, -0.1) is 13.0 Å². The van der Waals surface area contributed by atoms with Crippen LogP contribution in [0.3, 0.4) is 0 Å². The number of rotatable bonds is 5. The highest BCUT2D eigenvalue weighted by Gasteiger charge is 2.29. The van der Waals surface area contributed by atoms with Gasteiger partial charge in [0.2, 0.25) is 0 Å². The van der Waals surface area contributed by atoms with E-state index in [1.807, 2.05) is 31.2 Å². The number of benzene rings is 1. The van der Waals surface area contributed by atoms with Crippen LogP contribution in [0.15, 0.2) is 36.4 Å². The van der Waals surface area contributed by atoms with Crippen LogP contribution in [0.1, 0.15) is 38.3 Å². The third kappa shape index (κ3) is 3.99. The number of carbonyl (C=O) groups excluding carboxylic acids is 1. The molecule has 1 rings (SSSR count). The van der Waals surface area contributed by atoms with Crippen LogP contribution in [0.5, 0.6) is 0 Å². The fraction of sp³-hybridized carbons (Fsp3) is 0.353. The molecule has 0 aliphatic rings. The van der Waals surface area contributed by atoms with Crippen molar-refractivity contribution in [3.8, 4) is 12.3 Å². The molecule has 0 saturated heterocycles. The molecule has 0 heterocycles. The third-order valence-electron chi connectivity index (χ3n) is 2.98. The molecular weight excluding hydrogens is 236 g/mol. The molecule has 0 spiro atoms. The van der Waals surface area contributed by atoms with Crippen molar-refractivity contribution in [3.05, 3.63) is 47.5 Å². The van der Waals surface area contributed by atoms with Crippen molar-refractivity contribution in [1.29, 1.82) is 0 Å². The van der Waals surface area contributed by atoms with Crippen molar-refractivity contribution in [3.63, 3.8) is 0 Å². The summed E-state index contributed by atoms with van der Waals surface area (Å²) < 4.78 is 5.32. The van der Waals surface area contributed by atoms with Crippen molar-refractivity contribution in [1.82, 2.24) is 0 Å². The molecule has 19 heavy (non-hydrogen) atoms. The fourth-order valence-corrected chi connectivity index (χ4v) is 2.00. The average Bonchev–Trinajstić information content (AvgIpc) is 2.35. The molecule has 0 bridgehead atoms. The molecule has 0 aromatic heterocycles. The number of hydrogen-bond acceptors (Lipinski definition) is 2. The van der Waals surface area contributed by atoms with E-state index in [1.165, 1.54) is 6.92 Å². The second kappa shape index (κ2) is 6.24. The number of aryl methyl sites for hydroxylation is 1. The van der Waals surface area contributed by atoms with Crippen LogP contribution in [-0.4, -0.2) is 5.97 Å². The van der Waals surface area contributed by atoms with Gasteiger partial charge in [0, 0.05) is 12.5 Å². The van der Waals surface area contributed by atoms with E-state index in [0.717, 1.165) is 29.5 Å². The van der Waals surface area contributed by atoms with Crippen LogP contribution >= 0.6 is 0 Å². The number of hydrogen-bond donors (Lipinski definition) is 0. The Kier molecular flexibility index (Phi) is 4.94. The smallest absolute Gasteiger partial charge is 0.304 e. The number of carbonyl (C=O) groups is 1. The Morgan fingerprint density at radius 2 is 2.05 bits per heavy atom. The summed E-state index contributed by atoms with van der Waals surface area (Å²) in [4.78, 5) is 11.2. The molecule has 0 amide bonds. The molecule has 2 heteroatoms. The van der Waals surface area contributed by atoms with Gasteiger partial charge in [-0.3, -0.25) is 4.79 Å². The van der Waals surface area contributed by atoms with Gasteiger partial charge in [0.1, 0.15) is 0 Å². The maximum atomic E-state index is 11.2. The van der Waals surface area contributed by atoms with Gasteiger partial charge in [0.05, 0.1) is 0 Å². The van der Waals surface area contributed by atoms with E-state index in [-0.39, 0.29) is 5.97 Å². The van der Waals surface area contributed by atoms with Crippen molar-refractivity contribution in [2.75, 3.05) is 0 Å². The molecule has 2 nitrogen and oxygen atoms in total. The van der Waals surface area contributed by atoms with Gasteiger partial charge in [-0.2, -0.15) is 0 Å². The molecule has 1 aromatic carbocycles. The first-order valence-electron chi connectivity index (χ1n) is 6.29. The Morgan fingerprint density at radius 3 is 2.58 bits per heavy atom. The van der Waals surface area contributed by atoms with Crippen LogP contribution in [-0.2, 0) is 21.6 Å². The van der Waals surface area contributed by atoms with Crippen molar-refractivity contribution < 1.29 is 9.53 Å². The van der Waals surface area contributed by atoms with Crippen LogP contribution in [0, 0.1) is 12.3 Å². The highest BCUT2D eigenvalue weighted by molar-refractivity contribution is 5.67. The summed E-state index contributed by atoms with van der Waals surface area (Å²) >= 11 is 0. The van der Waals surface area contributed by atoms with E-state index in [1.54, 1.807) is 6.92 Å². The molecule has 0 fully saturated rings. The normalized spacial score (nSPS) is 13.2. The monoisotopic (exact) mass is 256 g/mol. The summed E-state index contributed by atoms with van der Waals surface area (Å²) in [5.41, 5.74) is 2.06. The maximum Gasteiger partial charge on any atom is 0.304 e. The first-order chi connectivity index (χ1) is 8.89. The number of esters is 1.